The summed E-state index contributed by atoms with van der Waals surface area (Å²) in [6.45, 7) is 0.550. The van der Waals surface area contributed by atoms with Gasteiger partial charge in [-0.25, -0.2) is 4.79 Å². The van der Waals surface area contributed by atoms with Crippen molar-refractivity contribution in [3.05, 3.63) is 59.4 Å². The zero-order chi connectivity index (χ0) is 14.8. The Kier molecular flexibility index (Phi) is 3.28. The second-order valence-corrected chi connectivity index (χ2v) is 4.89. The number of carboxylic acid groups (broad SMARTS) is 1. The largest absolute Gasteiger partial charge is 0.479 e. The van der Waals surface area contributed by atoms with E-state index in [9.17, 15) is 15.2 Å². The van der Waals surface area contributed by atoms with Crippen LogP contribution in [0.25, 0.3) is 0 Å². The normalized spacial score (nSPS) is 16.9. The van der Waals surface area contributed by atoms with Gasteiger partial charge in [0.25, 0.3) is 0 Å². The lowest BCUT2D eigenvalue weighted by atomic mass is 9.92. The molecule has 0 radical (unpaired) electrons. The third kappa shape index (κ3) is 2.21. The number of anilines is 1. The van der Waals surface area contributed by atoms with E-state index in [1.54, 1.807) is 17.2 Å². The highest BCUT2D eigenvalue weighted by Gasteiger charge is 2.34. The van der Waals surface area contributed by atoms with Crippen LogP contribution in [0.4, 0.5) is 5.69 Å². The summed E-state index contributed by atoms with van der Waals surface area (Å²) in [6.07, 6.45) is 3.85. The van der Waals surface area contributed by atoms with Crippen molar-refractivity contribution in [3.8, 4) is 6.07 Å². The van der Waals surface area contributed by atoms with E-state index in [1.165, 1.54) is 6.20 Å². The number of carboxylic acids is 1. The third-order valence-electron chi connectivity index (χ3n) is 3.75. The Morgan fingerprint density at radius 1 is 1.38 bits per heavy atom. The summed E-state index contributed by atoms with van der Waals surface area (Å²) in [4.78, 5) is 17.5. The molecule has 0 fully saturated rings. The average Bonchev–Trinajstić information content (AvgIpc) is 2.53. The first-order valence-corrected chi connectivity index (χ1v) is 6.63. The molecular weight excluding hydrogens is 266 g/mol. The fourth-order valence-corrected chi connectivity index (χ4v) is 2.80. The van der Waals surface area contributed by atoms with Gasteiger partial charge in [0.2, 0.25) is 0 Å². The number of benzene rings is 1. The van der Waals surface area contributed by atoms with Crippen LogP contribution in [-0.2, 0) is 11.2 Å². The molecule has 2 aromatic rings. The Hall–Kier alpha value is -2.87. The summed E-state index contributed by atoms with van der Waals surface area (Å²) in [6, 6.07) is 10.5. The number of rotatable bonds is 2. The lowest BCUT2D eigenvalue weighted by Gasteiger charge is -2.36. The van der Waals surface area contributed by atoms with Gasteiger partial charge in [0, 0.05) is 12.7 Å². The number of fused-ring (bicyclic) bond motifs is 1. The summed E-state index contributed by atoms with van der Waals surface area (Å²) in [7, 11) is 0. The van der Waals surface area contributed by atoms with Crippen molar-refractivity contribution >= 4 is 11.7 Å². The van der Waals surface area contributed by atoms with Crippen LogP contribution >= 0.6 is 0 Å². The third-order valence-corrected chi connectivity index (χ3v) is 3.75. The molecule has 0 spiro atoms. The highest BCUT2D eigenvalue weighted by atomic mass is 16.4. The fraction of sp³-hybridized carbons (Fsp3) is 0.188. The highest BCUT2D eigenvalue weighted by Crippen LogP contribution is 2.34. The van der Waals surface area contributed by atoms with Crippen LogP contribution in [0.3, 0.4) is 0 Å². The van der Waals surface area contributed by atoms with Crippen molar-refractivity contribution < 1.29 is 9.90 Å². The molecule has 0 aliphatic carbocycles. The minimum absolute atomic E-state index is 0.440. The summed E-state index contributed by atoms with van der Waals surface area (Å²) >= 11 is 0. The molecule has 0 saturated carbocycles. The number of pyridine rings is 1. The number of nitriles is 1. The first-order valence-electron chi connectivity index (χ1n) is 6.63. The van der Waals surface area contributed by atoms with Crippen LogP contribution < -0.4 is 4.90 Å². The number of aliphatic carboxylic acids is 1. The van der Waals surface area contributed by atoms with E-state index in [0.29, 0.717) is 17.8 Å². The molecule has 0 saturated heterocycles. The second-order valence-electron chi connectivity index (χ2n) is 4.89. The topological polar surface area (TPSA) is 77.2 Å². The van der Waals surface area contributed by atoms with E-state index in [4.69, 9.17) is 0 Å². The van der Waals surface area contributed by atoms with Crippen molar-refractivity contribution in [1.82, 2.24) is 4.98 Å². The van der Waals surface area contributed by atoms with E-state index in [1.807, 2.05) is 24.3 Å². The Balaban J connectivity index is 2.12. The Morgan fingerprint density at radius 3 is 2.95 bits per heavy atom. The van der Waals surface area contributed by atoms with Gasteiger partial charge in [-0.15, -0.1) is 0 Å². The zero-order valence-electron chi connectivity index (χ0n) is 11.2. The zero-order valence-corrected chi connectivity index (χ0v) is 11.2. The molecule has 104 valence electrons. The molecule has 1 aromatic heterocycles. The minimum atomic E-state index is -0.921. The van der Waals surface area contributed by atoms with Crippen molar-refractivity contribution in [2.75, 3.05) is 11.4 Å². The molecule has 0 bridgehead atoms. The molecule has 1 atom stereocenters. The molecule has 5 nitrogen and oxygen atoms in total. The number of hydrogen-bond acceptors (Lipinski definition) is 4. The quantitative estimate of drug-likeness (QED) is 0.911. The maximum absolute atomic E-state index is 11.8. The van der Waals surface area contributed by atoms with E-state index in [2.05, 4.69) is 11.1 Å². The van der Waals surface area contributed by atoms with Gasteiger partial charge in [0.15, 0.2) is 6.04 Å². The van der Waals surface area contributed by atoms with Crippen molar-refractivity contribution in [2.24, 2.45) is 0 Å². The minimum Gasteiger partial charge on any atom is -0.479 e. The van der Waals surface area contributed by atoms with Gasteiger partial charge >= 0.3 is 5.97 Å². The van der Waals surface area contributed by atoms with Crippen LogP contribution in [0, 0.1) is 11.3 Å². The summed E-state index contributed by atoms with van der Waals surface area (Å²) in [5.41, 5.74) is 2.84. The first kappa shape index (κ1) is 13.1. The number of carbonyl (C=O) groups is 1. The highest BCUT2D eigenvalue weighted by molar-refractivity contribution is 5.82. The average molecular weight is 279 g/mol. The number of aromatic nitrogens is 1. The van der Waals surface area contributed by atoms with Crippen LogP contribution in [0.15, 0.2) is 42.7 Å². The lowest BCUT2D eigenvalue weighted by Crippen LogP contribution is -2.40. The molecule has 3 rings (SSSR count). The summed E-state index contributed by atoms with van der Waals surface area (Å²) in [5, 5.41) is 18.9. The first-order chi connectivity index (χ1) is 10.2. The van der Waals surface area contributed by atoms with Gasteiger partial charge in [0.05, 0.1) is 17.4 Å². The molecular formula is C16H13N3O2. The molecule has 1 N–H and O–H groups in total. The van der Waals surface area contributed by atoms with Gasteiger partial charge in [-0.1, -0.05) is 24.3 Å². The van der Waals surface area contributed by atoms with Gasteiger partial charge in [-0.05, 0) is 23.6 Å². The molecule has 1 unspecified atom stereocenters. The fourth-order valence-electron chi connectivity index (χ4n) is 2.80. The van der Waals surface area contributed by atoms with E-state index in [-0.39, 0.29) is 0 Å². The van der Waals surface area contributed by atoms with E-state index < -0.39 is 12.0 Å². The smallest absolute Gasteiger partial charge is 0.331 e. The predicted octanol–water partition coefficient (Wildman–Crippen LogP) is 2.14. The standard InChI is InChI=1S/C16H13N3O2/c17-9-12-5-7-18-10-14(12)19-8-6-11-3-1-2-4-13(11)15(19)16(20)21/h1-5,7,10,15H,6,8H2,(H,20,21). The molecule has 1 aliphatic rings. The van der Waals surface area contributed by atoms with Gasteiger partial charge < -0.3 is 10.0 Å². The van der Waals surface area contributed by atoms with Gasteiger partial charge in [0.1, 0.15) is 6.07 Å². The molecule has 1 aromatic carbocycles. The Labute approximate surface area is 122 Å². The Bertz CT molecular complexity index is 736. The van der Waals surface area contributed by atoms with Crippen molar-refractivity contribution in [3.63, 3.8) is 0 Å². The summed E-state index contributed by atoms with van der Waals surface area (Å²) in [5.74, 6) is -0.921. The SMILES string of the molecule is N#Cc1ccncc1N1CCc2ccccc2C1C(=O)O. The van der Waals surface area contributed by atoms with E-state index in [0.717, 1.165) is 17.5 Å². The van der Waals surface area contributed by atoms with Crippen LogP contribution in [-0.4, -0.2) is 22.6 Å². The predicted molar refractivity (Wildman–Crippen MR) is 76.8 cm³/mol. The van der Waals surface area contributed by atoms with Crippen molar-refractivity contribution in [1.29, 1.82) is 5.26 Å². The molecule has 0 amide bonds. The monoisotopic (exact) mass is 279 g/mol. The second kappa shape index (κ2) is 5.25. The molecule has 1 aliphatic heterocycles. The molecule has 2 heterocycles. The summed E-state index contributed by atoms with van der Waals surface area (Å²) < 4.78 is 0. The van der Waals surface area contributed by atoms with E-state index >= 15 is 0 Å². The lowest BCUT2D eigenvalue weighted by molar-refractivity contribution is -0.138. The molecule has 5 heteroatoms. The number of nitrogens with zero attached hydrogens (tertiary/aromatic N) is 3. The van der Waals surface area contributed by atoms with Crippen molar-refractivity contribution in [2.45, 2.75) is 12.5 Å². The number of hydrogen-bond donors (Lipinski definition) is 1. The van der Waals surface area contributed by atoms with Crippen LogP contribution in [0.5, 0.6) is 0 Å². The van der Waals surface area contributed by atoms with Gasteiger partial charge in [-0.3, -0.25) is 4.98 Å². The Morgan fingerprint density at radius 2 is 2.19 bits per heavy atom. The van der Waals surface area contributed by atoms with Gasteiger partial charge in [-0.2, -0.15) is 5.26 Å². The van der Waals surface area contributed by atoms with Crippen LogP contribution in [0.2, 0.25) is 0 Å². The maximum atomic E-state index is 11.8. The molecule has 21 heavy (non-hydrogen) atoms. The maximum Gasteiger partial charge on any atom is 0.331 e. The van der Waals surface area contributed by atoms with Crippen LogP contribution in [0.1, 0.15) is 22.7 Å².